The number of nitrogens with one attached hydrogen (secondary N) is 1. The number of aromatic nitrogens is 2. The van der Waals surface area contributed by atoms with Gasteiger partial charge in [0, 0.05) is 14.1 Å². The second-order valence-corrected chi connectivity index (χ2v) is 3.27. The largest absolute Gasteiger partial charge is 0.492 e. The summed E-state index contributed by atoms with van der Waals surface area (Å²) in [6.07, 6.45) is 0. The van der Waals surface area contributed by atoms with Crippen molar-refractivity contribution < 1.29 is 14.3 Å². The van der Waals surface area contributed by atoms with Gasteiger partial charge in [0.15, 0.2) is 0 Å². The van der Waals surface area contributed by atoms with Crippen molar-refractivity contribution in [1.82, 2.24) is 14.5 Å². The van der Waals surface area contributed by atoms with E-state index < -0.39 is 35.4 Å². The van der Waals surface area contributed by atoms with Crippen LogP contribution in [0.5, 0.6) is 5.88 Å². The number of hydrogen-bond acceptors (Lipinski definition) is 4. The molecular formula is C8H10FN3O4. The molecule has 0 aliphatic heterocycles. The Morgan fingerprint density at radius 1 is 1.50 bits per heavy atom. The van der Waals surface area contributed by atoms with Gasteiger partial charge >= 0.3 is 5.69 Å². The summed E-state index contributed by atoms with van der Waals surface area (Å²) in [5, 5.41) is 9.19. The van der Waals surface area contributed by atoms with E-state index in [9.17, 15) is 23.9 Å². The van der Waals surface area contributed by atoms with Crippen LogP contribution in [-0.2, 0) is 11.3 Å². The van der Waals surface area contributed by atoms with E-state index in [4.69, 9.17) is 0 Å². The summed E-state index contributed by atoms with van der Waals surface area (Å²) < 4.78 is 13.4. The minimum Gasteiger partial charge on any atom is -0.492 e. The van der Waals surface area contributed by atoms with E-state index >= 15 is 0 Å². The van der Waals surface area contributed by atoms with Crippen LogP contribution in [-0.4, -0.2) is 39.6 Å². The van der Waals surface area contributed by atoms with E-state index in [1.165, 1.54) is 14.1 Å². The molecule has 1 rings (SSSR count). The normalized spacial score (nSPS) is 10.2. The molecule has 0 atom stereocenters. The van der Waals surface area contributed by atoms with Crippen LogP contribution in [0.2, 0.25) is 0 Å². The maximum atomic E-state index is 12.9. The predicted molar refractivity (Wildman–Crippen MR) is 51.6 cm³/mol. The van der Waals surface area contributed by atoms with Gasteiger partial charge in [-0.25, -0.2) is 4.79 Å². The summed E-state index contributed by atoms with van der Waals surface area (Å²) in [5.41, 5.74) is -2.37. The van der Waals surface area contributed by atoms with Gasteiger partial charge in [0.25, 0.3) is 5.56 Å². The fraction of sp³-hybridized carbons (Fsp3) is 0.375. The molecule has 0 saturated heterocycles. The van der Waals surface area contributed by atoms with E-state index in [2.05, 4.69) is 0 Å². The highest BCUT2D eigenvalue weighted by Crippen LogP contribution is 2.06. The Labute approximate surface area is 88.7 Å². The number of halogens is 1. The van der Waals surface area contributed by atoms with E-state index in [1.54, 1.807) is 4.98 Å². The molecule has 7 nitrogen and oxygen atoms in total. The topological polar surface area (TPSA) is 95.4 Å². The van der Waals surface area contributed by atoms with Crippen LogP contribution in [0.4, 0.5) is 4.39 Å². The third kappa shape index (κ3) is 2.10. The molecule has 0 saturated carbocycles. The van der Waals surface area contributed by atoms with Crippen LogP contribution in [0.15, 0.2) is 9.59 Å². The van der Waals surface area contributed by atoms with Crippen molar-refractivity contribution in [2.75, 3.05) is 14.1 Å². The Morgan fingerprint density at radius 3 is 2.56 bits per heavy atom. The number of carbonyl (C=O) groups excluding carboxylic acids is 1. The number of aromatic hydroxyl groups is 1. The van der Waals surface area contributed by atoms with E-state index in [-0.39, 0.29) is 0 Å². The lowest BCUT2D eigenvalue weighted by molar-refractivity contribution is -0.129. The first kappa shape index (κ1) is 12.0. The Morgan fingerprint density at radius 2 is 2.06 bits per heavy atom. The number of nitrogens with zero attached hydrogens (tertiary/aromatic N) is 2. The van der Waals surface area contributed by atoms with E-state index in [0.29, 0.717) is 4.57 Å². The average Bonchev–Trinajstić information content (AvgIpc) is 2.20. The van der Waals surface area contributed by atoms with Gasteiger partial charge in [-0.1, -0.05) is 0 Å². The number of amides is 1. The summed E-state index contributed by atoms with van der Waals surface area (Å²) >= 11 is 0. The standard InChI is InChI=1S/C8H10FN3O4/c1-11(2)4(13)3-12-7(15)5(9)6(14)10-8(12)16/h15H,3H2,1-2H3,(H,10,14,16). The molecule has 0 unspecified atom stereocenters. The fourth-order valence-corrected chi connectivity index (χ4v) is 0.959. The molecule has 1 amide bonds. The van der Waals surface area contributed by atoms with Crippen molar-refractivity contribution in [3.05, 3.63) is 26.7 Å². The van der Waals surface area contributed by atoms with Crippen molar-refractivity contribution in [2.24, 2.45) is 0 Å². The number of rotatable bonds is 2. The van der Waals surface area contributed by atoms with Crippen molar-refractivity contribution >= 4 is 5.91 Å². The first-order valence-electron chi connectivity index (χ1n) is 4.26. The molecule has 8 heteroatoms. The lowest BCUT2D eigenvalue weighted by Gasteiger charge is -2.12. The monoisotopic (exact) mass is 231 g/mol. The second-order valence-electron chi connectivity index (χ2n) is 3.27. The van der Waals surface area contributed by atoms with Crippen LogP contribution in [0.3, 0.4) is 0 Å². The molecule has 1 heterocycles. The Bertz CT molecular complexity index is 531. The minimum atomic E-state index is -1.49. The van der Waals surface area contributed by atoms with E-state index in [1.807, 2.05) is 0 Å². The van der Waals surface area contributed by atoms with Gasteiger partial charge in [-0.3, -0.25) is 19.1 Å². The zero-order chi connectivity index (χ0) is 12.5. The molecule has 2 N–H and O–H groups in total. The first-order chi connectivity index (χ1) is 7.34. The zero-order valence-electron chi connectivity index (χ0n) is 8.65. The Hall–Kier alpha value is -2.12. The summed E-state index contributed by atoms with van der Waals surface area (Å²) in [7, 11) is 2.87. The highest BCUT2D eigenvalue weighted by Gasteiger charge is 2.16. The molecule has 0 aliphatic rings. The molecule has 0 bridgehead atoms. The highest BCUT2D eigenvalue weighted by atomic mass is 19.1. The summed E-state index contributed by atoms with van der Waals surface area (Å²) in [4.78, 5) is 36.0. The maximum Gasteiger partial charge on any atom is 0.331 e. The van der Waals surface area contributed by atoms with Gasteiger partial charge in [0.1, 0.15) is 6.54 Å². The molecule has 16 heavy (non-hydrogen) atoms. The number of aromatic amines is 1. The van der Waals surface area contributed by atoms with Gasteiger partial charge in [0.05, 0.1) is 0 Å². The highest BCUT2D eigenvalue weighted by molar-refractivity contribution is 5.75. The number of H-pyrrole nitrogens is 1. The summed E-state index contributed by atoms with van der Waals surface area (Å²) in [6.45, 7) is -0.550. The number of carbonyl (C=O) groups is 1. The minimum absolute atomic E-state index is 0.444. The Balaban J connectivity index is 3.26. The molecule has 0 aliphatic carbocycles. The molecule has 0 radical (unpaired) electrons. The van der Waals surface area contributed by atoms with Crippen LogP contribution in [0.1, 0.15) is 0 Å². The van der Waals surface area contributed by atoms with Crippen LogP contribution < -0.4 is 11.2 Å². The molecule has 88 valence electrons. The first-order valence-corrected chi connectivity index (χ1v) is 4.26. The van der Waals surface area contributed by atoms with Crippen molar-refractivity contribution in [3.63, 3.8) is 0 Å². The Kier molecular flexibility index (Phi) is 3.11. The van der Waals surface area contributed by atoms with Crippen LogP contribution in [0, 0.1) is 5.82 Å². The third-order valence-electron chi connectivity index (χ3n) is 1.91. The molecule has 1 aromatic rings. The number of likely N-dealkylation sites (N-methyl/N-ethyl adjacent to an activating group) is 1. The fourth-order valence-electron chi connectivity index (χ4n) is 0.959. The van der Waals surface area contributed by atoms with Crippen LogP contribution in [0.25, 0.3) is 0 Å². The third-order valence-corrected chi connectivity index (χ3v) is 1.91. The predicted octanol–water partition coefficient (Wildman–Crippen LogP) is -1.53. The molecule has 0 fully saturated rings. The maximum absolute atomic E-state index is 12.9. The van der Waals surface area contributed by atoms with Gasteiger partial charge in [-0.05, 0) is 0 Å². The van der Waals surface area contributed by atoms with Gasteiger partial charge in [-0.15, -0.1) is 0 Å². The molecule has 0 spiro atoms. The van der Waals surface area contributed by atoms with Crippen molar-refractivity contribution in [1.29, 1.82) is 0 Å². The molecular weight excluding hydrogens is 221 g/mol. The average molecular weight is 231 g/mol. The lowest BCUT2D eigenvalue weighted by atomic mass is 10.5. The van der Waals surface area contributed by atoms with E-state index in [0.717, 1.165) is 4.90 Å². The van der Waals surface area contributed by atoms with Gasteiger partial charge in [0.2, 0.25) is 17.6 Å². The lowest BCUT2D eigenvalue weighted by Crippen LogP contribution is -2.36. The van der Waals surface area contributed by atoms with Crippen molar-refractivity contribution in [2.45, 2.75) is 6.54 Å². The molecule has 1 aromatic heterocycles. The SMILES string of the molecule is CN(C)C(=O)Cn1c(O)c(F)c(=O)[nH]c1=O. The second kappa shape index (κ2) is 4.17. The van der Waals surface area contributed by atoms with Gasteiger partial charge in [-0.2, -0.15) is 4.39 Å². The van der Waals surface area contributed by atoms with Crippen molar-refractivity contribution in [3.8, 4) is 5.88 Å². The quantitative estimate of drug-likeness (QED) is 0.645. The summed E-state index contributed by atoms with van der Waals surface area (Å²) in [6, 6.07) is 0. The van der Waals surface area contributed by atoms with Gasteiger partial charge < -0.3 is 10.0 Å². The smallest absolute Gasteiger partial charge is 0.331 e. The molecule has 0 aromatic carbocycles. The number of hydrogen-bond donors (Lipinski definition) is 2. The summed E-state index contributed by atoms with van der Waals surface area (Å²) in [5.74, 6) is -3.17. The van der Waals surface area contributed by atoms with Crippen LogP contribution >= 0.6 is 0 Å². The zero-order valence-corrected chi connectivity index (χ0v) is 8.65.